The van der Waals surface area contributed by atoms with Crippen LogP contribution in [0.4, 0.5) is 5.69 Å². The van der Waals surface area contributed by atoms with Crippen LogP contribution >= 0.6 is 0 Å². The van der Waals surface area contributed by atoms with Crippen molar-refractivity contribution in [3.05, 3.63) is 29.8 Å². The number of rotatable bonds is 3. The Morgan fingerprint density at radius 3 is 2.29 bits per heavy atom. The van der Waals surface area contributed by atoms with Crippen LogP contribution in [0.25, 0.3) is 0 Å². The van der Waals surface area contributed by atoms with Crippen LogP contribution in [0.15, 0.2) is 24.3 Å². The van der Waals surface area contributed by atoms with Crippen LogP contribution in [0.2, 0.25) is 0 Å². The van der Waals surface area contributed by atoms with Gasteiger partial charge in [0.15, 0.2) is 0 Å². The number of hydrogen-bond acceptors (Lipinski definition) is 3. The minimum Gasteiger partial charge on any atom is -0.342 e. The summed E-state index contributed by atoms with van der Waals surface area (Å²) in [6, 6.07) is 8.60. The molecule has 1 aromatic rings. The van der Waals surface area contributed by atoms with Gasteiger partial charge in [0.1, 0.15) is 6.42 Å². The van der Waals surface area contributed by atoms with Gasteiger partial charge in [0.2, 0.25) is 11.8 Å². The molecule has 2 rings (SSSR count). The van der Waals surface area contributed by atoms with Gasteiger partial charge in [-0.2, -0.15) is 5.26 Å². The molecule has 1 fully saturated rings. The second-order valence-electron chi connectivity index (χ2n) is 5.21. The lowest BCUT2D eigenvalue weighted by molar-refractivity contribution is -0.134. The molecule has 1 saturated heterocycles. The van der Waals surface area contributed by atoms with Crippen LogP contribution < -0.4 is 5.32 Å². The average molecular weight is 285 g/mol. The highest BCUT2D eigenvalue weighted by Gasteiger charge is 2.18. The van der Waals surface area contributed by atoms with Crippen molar-refractivity contribution < 1.29 is 9.59 Å². The first-order valence-electron chi connectivity index (χ1n) is 7.27. The summed E-state index contributed by atoms with van der Waals surface area (Å²) in [5.74, 6) is -0.419. The maximum absolute atomic E-state index is 12.1. The average Bonchev–Trinajstić information content (AvgIpc) is 2.77. The van der Waals surface area contributed by atoms with Crippen molar-refractivity contribution in [2.75, 3.05) is 18.4 Å². The highest BCUT2D eigenvalue weighted by Crippen LogP contribution is 2.12. The number of nitriles is 1. The standard InChI is InChI=1S/C16H19N3O2/c17-12-13-5-7-14(8-6-13)18-15(20)11-16(21)19-9-3-1-2-4-10-19/h5-8H,1-4,9-11H2,(H,18,20). The first kappa shape index (κ1) is 15.0. The van der Waals surface area contributed by atoms with Crippen molar-refractivity contribution in [1.82, 2.24) is 4.90 Å². The Labute approximate surface area is 124 Å². The zero-order chi connectivity index (χ0) is 15.1. The first-order valence-corrected chi connectivity index (χ1v) is 7.27. The molecule has 1 aromatic carbocycles. The zero-order valence-electron chi connectivity index (χ0n) is 12.0. The Hall–Kier alpha value is -2.35. The van der Waals surface area contributed by atoms with Crippen LogP contribution in [0, 0.1) is 11.3 Å². The first-order chi connectivity index (χ1) is 10.2. The lowest BCUT2D eigenvalue weighted by atomic mass is 10.2. The second kappa shape index (κ2) is 7.44. The van der Waals surface area contributed by atoms with E-state index in [4.69, 9.17) is 5.26 Å². The molecule has 1 aliphatic rings. The van der Waals surface area contributed by atoms with E-state index in [1.54, 1.807) is 29.2 Å². The fraction of sp³-hybridized carbons (Fsp3) is 0.438. The number of hydrogen-bond donors (Lipinski definition) is 1. The Balaban J connectivity index is 1.85. The van der Waals surface area contributed by atoms with Gasteiger partial charge >= 0.3 is 0 Å². The molecule has 0 bridgehead atoms. The molecule has 1 N–H and O–H groups in total. The number of benzene rings is 1. The Morgan fingerprint density at radius 1 is 1.10 bits per heavy atom. The van der Waals surface area contributed by atoms with E-state index in [1.165, 1.54) is 0 Å². The van der Waals surface area contributed by atoms with Gasteiger partial charge in [0, 0.05) is 18.8 Å². The maximum atomic E-state index is 12.1. The number of likely N-dealkylation sites (tertiary alicyclic amines) is 1. The molecule has 21 heavy (non-hydrogen) atoms. The van der Waals surface area contributed by atoms with Gasteiger partial charge in [-0.3, -0.25) is 9.59 Å². The quantitative estimate of drug-likeness (QED) is 0.866. The van der Waals surface area contributed by atoms with Crippen molar-refractivity contribution in [2.24, 2.45) is 0 Å². The number of anilines is 1. The number of carbonyl (C=O) groups is 2. The number of nitrogens with one attached hydrogen (secondary N) is 1. The van der Waals surface area contributed by atoms with E-state index in [9.17, 15) is 9.59 Å². The minimum atomic E-state index is -0.311. The molecule has 0 unspecified atom stereocenters. The monoisotopic (exact) mass is 285 g/mol. The third kappa shape index (κ3) is 4.60. The summed E-state index contributed by atoms with van der Waals surface area (Å²) in [6.45, 7) is 1.51. The van der Waals surface area contributed by atoms with Gasteiger partial charge in [-0.05, 0) is 37.1 Å². The number of carbonyl (C=O) groups excluding carboxylic acids is 2. The highest BCUT2D eigenvalue weighted by molar-refractivity contribution is 6.03. The Bertz CT molecular complexity index is 538. The smallest absolute Gasteiger partial charge is 0.233 e. The predicted octanol–water partition coefficient (Wildman–Crippen LogP) is 2.29. The molecule has 0 aliphatic carbocycles. The van der Waals surface area contributed by atoms with E-state index in [2.05, 4.69) is 5.32 Å². The van der Waals surface area contributed by atoms with Gasteiger partial charge in [0.25, 0.3) is 0 Å². The van der Waals surface area contributed by atoms with Crippen molar-refractivity contribution in [3.63, 3.8) is 0 Å². The van der Waals surface area contributed by atoms with E-state index in [0.29, 0.717) is 11.3 Å². The topological polar surface area (TPSA) is 73.2 Å². The zero-order valence-corrected chi connectivity index (χ0v) is 12.0. The third-order valence-electron chi connectivity index (χ3n) is 3.57. The fourth-order valence-electron chi connectivity index (χ4n) is 2.40. The molecule has 110 valence electrons. The van der Waals surface area contributed by atoms with Gasteiger partial charge < -0.3 is 10.2 Å². The summed E-state index contributed by atoms with van der Waals surface area (Å²) in [4.78, 5) is 25.7. The van der Waals surface area contributed by atoms with Crippen LogP contribution in [0.5, 0.6) is 0 Å². The normalized spacial score (nSPS) is 14.9. The molecule has 1 aliphatic heterocycles. The lowest BCUT2D eigenvalue weighted by Gasteiger charge is -2.19. The molecule has 2 amide bonds. The molecule has 0 aromatic heterocycles. The number of amides is 2. The van der Waals surface area contributed by atoms with Gasteiger partial charge in [-0.15, -0.1) is 0 Å². The van der Waals surface area contributed by atoms with Crippen molar-refractivity contribution in [3.8, 4) is 6.07 Å². The second-order valence-corrected chi connectivity index (χ2v) is 5.21. The van der Waals surface area contributed by atoms with Crippen LogP contribution in [-0.4, -0.2) is 29.8 Å². The van der Waals surface area contributed by atoms with E-state index in [0.717, 1.165) is 38.8 Å². The molecule has 5 nitrogen and oxygen atoms in total. The van der Waals surface area contributed by atoms with Crippen molar-refractivity contribution in [1.29, 1.82) is 5.26 Å². The summed E-state index contributed by atoms with van der Waals surface area (Å²) in [5.41, 5.74) is 1.14. The molecule has 5 heteroatoms. The van der Waals surface area contributed by atoms with Gasteiger partial charge in [-0.1, -0.05) is 12.8 Å². The predicted molar refractivity (Wildman–Crippen MR) is 79.5 cm³/mol. The summed E-state index contributed by atoms with van der Waals surface area (Å²) < 4.78 is 0. The lowest BCUT2D eigenvalue weighted by Crippen LogP contribution is -2.34. The van der Waals surface area contributed by atoms with E-state index in [1.807, 2.05) is 6.07 Å². The van der Waals surface area contributed by atoms with Gasteiger partial charge in [-0.25, -0.2) is 0 Å². The summed E-state index contributed by atoms with van der Waals surface area (Å²) in [6.07, 6.45) is 4.22. The van der Waals surface area contributed by atoms with Crippen molar-refractivity contribution >= 4 is 17.5 Å². The van der Waals surface area contributed by atoms with Crippen LogP contribution in [0.1, 0.15) is 37.7 Å². The SMILES string of the molecule is N#Cc1ccc(NC(=O)CC(=O)N2CCCCCC2)cc1. The van der Waals surface area contributed by atoms with E-state index < -0.39 is 0 Å². The van der Waals surface area contributed by atoms with Crippen LogP contribution in [0.3, 0.4) is 0 Å². The summed E-state index contributed by atoms with van der Waals surface area (Å²) in [5, 5.41) is 11.4. The maximum Gasteiger partial charge on any atom is 0.233 e. The number of nitrogens with zero attached hydrogens (tertiary/aromatic N) is 2. The van der Waals surface area contributed by atoms with E-state index in [-0.39, 0.29) is 18.2 Å². The molecule has 0 spiro atoms. The van der Waals surface area contributed by atoms with Crippen molar-refractivity contribution in [2.45, 2.75) is 32.1 Å². The highest BCUT2D eigenvalue weighted by atomic mass is 16.2. The fourth-order valence-corrected chi connectivity index (χ4v) is 2.40. The Kier molecular flexibility index (Phi) is 5.33. The molecule has 0 radical (unpaired) electrons. The van der Waals surface area contributed by atoms with E-state index >= 15 is 0 Å². The largest absolute Gasteiger partial charge is 0.342 e. The molecular weight excluding hydrogens is 266 g/mol. The molecule has 1 heterocycles. The molecule has 0 saturated carbocycles. The minimum absolute atomic E-state index is 0.108. The molecular formula is C16H19N3O2. The third-order valence-corrected chi connectivity index (χ3v) is 3.57. The molecule has 0 atom stereocenters. The summed E-state index contributed by atoms with van der Waals surface area (Å²) >= 11 is 0. The van der Waals surface area contributed by atoms with Crippen LogP contribution in [-0.2, 0) is 9.59 Å². The van der Waals surface area contributed by atoms with Gasteiger partial charge in [0.05, 0.1) is 11.6 Å². The Morgan fingerprint density at radius 2 is 1.71 bits per heavy atom. The summed E-state index contributed by atoms with van der Waals surface area (Å²) in [7, 11) is 0.